The number of carbonyl (C=O) groups excluding carboxylic acids is 2. The van der Waals surface area contributed by atoms with Gasteiger partial charge in [-0.3, -0.25) is 0 Å². The summed E-state index contributed by atoms with van der Waals surface area (Å²) in [6.07, 6.45) is 0.0345. The van der Waals surface area contributed by atoms with E-state index in [0.29, 0.717) is 0 Å². The molecule has 13 heavy (non-hydrogen) atoms. The molecule has 6 nitrogen and oxygen atoms in total. The normalized spacial score (nSPS) is 8.77. The van der Waals surface area contributed by atoms with Crippen molar-refractivity contribution in [2.45, 2.75) is 20.3 Å². The fraction of sp³-hybridized carbons (Fsp3) is 0.500. The monoisotopic (exact) mass is 208 g/mol. The van der Waals surface area contributed by atoms with Crippen LogP contribution in [-0.2, 0) is 29.7 Å². The molecule has 0 atom stereocenters. The quantitative estimate of drug-likeness (QED) is 0.344. The highest BCUT2D eigenvalue weighted by Crippen LogP contribution is 1.88. The maximum Gasteiger partial charge on any atom is 0.397 e. The lowest BCUT2D eigenvalue weighted by molar-refractivity contribution is -0.252. The van der Waals surface area contributed by atoms with Crippen LogP contribution in [0.4, 0.5) is 0 Å². The predicted octanol–water partition coefficient (Wildman–Crippen LogP) is -0.531. The minimum absolute atomic E-state index is 0.0345. The molecule has 0 aliphatic rings. The zero-order chi connectivity index (χ0) is 10.4. The number of hydrogen-bond acceptors (Lipinski definition) is 6. The van der Waals surface area contributed by atoms with E-state index in [-0.39, 0.29) is 6.42 Å². The number of hydrogen-bond donors (Lipinski definition) is 0. The van der Waals surface area contributed by atoms with Crippen LogP contribution in [0, 0.1) is 0 Å². The summed E-state index contributed by atoms with van der Waals surface area (Å²) in [4.78, 5) is 28.4. The molecule has 0 saturated heterocycles. The molecule has 7 heteroatoms. The molecule has 0 saturated carbocycles. The Labute approximate surface area is 75.9 Å². The smallest absolute Gasteiger partial charge is 0.247 e. The minimum atomic E-state index is -2.66. The first kappa shape index (κ1) is 11.6. The van der Waals surface area contributed by atoms with Gasteiger partial charge in [-0.1, -0.05) is 6.92 Å². The van der Waals surface area contributed by atoms with Gasteiger partial charge in [0.15, 0.2) is 4.86 Å². The average Bonchev–Trinajstić information content (AvgIpc) is 2.11. The Morgan fingerprint density at radius 3 is 2.15 bits per heavy atom. The van der Waals surface area contributed by atoms with Crippen molar-refractivity contribution in [2.75, 3.05) is 0 Å². The molecule has 0 amide bonds. The number of carbonyl (C=O) groups is 2. The van der Waals surface area contributed by atoms with Gasteiger partial charge in [0.2, 0.25) is 10.3 Å². The SMILES string of the molecule is CCC(=O)OOC(=O)C(C)=S(=O)=O. The van der Waals surface area contributed by atoms with E-state index in [1.54, 1.807) is 0 Å². The van der Waals surface area contributed by atoms with E-state index >= 15 is 0 Å². The van der Waals surface area contributed by atoms with Crippen LogP contribution < -0.4 is 0 Å². The van der Waals surface area contributed by atoms with Crippen LogP contribution in [0.25, 0.3) is 0 Å². The Balaban J connectivity index is 4.20. The Morgan fingerprint density at radius 1 is 1.23 bits per heavy atom. The molecule has 0 aliphatic carbocycles. The van der Waals surface area contributed by atoms with Gasteiger partial charge in [0.1, 0.15) is 0 Å². The summed E-state index contributed by atoms with van der Waals surface area (Å²) in [5.74, 6) is -1.95. The summed E-state index contributed by atoms with van der Waals surface area (Å²) in [5.41, 5.74) is 0. The summed E-state index contributed by atoms with van der Waals surface area (Å²) in [7, 11) is -2.66. The summed E-state index contributed by atoms with van der Waals surface area (Å²) in [6.45, 7) is 2.53. The van der Waals surface area contributed by atoms with Gasteiger partial charge < -0.3 is 0 Å². The van der Waals surface area contributed by atoms with E-state index in [1.165, 1.54) is 6.92 Å². The molecule has 0 heterocycles. The van der Waals surface area contributed by atoms with Crippen molar-refractivity contribution in [3.63, 3.8) is 0 Å². The summed E-state index contributed by atoms with van der Waals surface area (Å²) in [6, 6.07) is 0. The van der Waals surface area contributed by atoms with Crippen molar-refractivity contribution < 1.29 is 27.8 Å². The molecule has 0 fully saturated rings. The number of rotatable bonds is 2. The van der Waals surface area contributed by atoms with Gasteiger partial charge in [-0.15, -0.1) is 0 Å². The molecule has 0 aromatic rings. The second-order valence-corrected chi connectivity index (χ2v) is 3.05. The molecular formula is C6H8O6S. The summed E-state index contributed by atoms with van der Waals surface area (Å²) < 4.78 is 20.4. The lowest BCUT2D eigenvalue weighted by Gasteiger charge is -1.98. The topological polar surface area (TPSA) is 86.7 Å². The molecule has 0 spiro atoms. The summed E-state index contributed by atoms with van der Waals surface area (Å²) >= 11 is 0. The Morgan fingerprint density at radius 2 is 1.77 bits per heavy atom. The van der Waals surface area contributed by atoms with E-state index in [1.807, 2.05) is 0 Å². The van der Waals surface area contributed by atoms with E-state index < -0.39 is 27.1 Å². The van der Waals surface area contributed by atoms with Crippen LogP contribution >= 0.6 is 0 Å². The zero-order valence-electron chi connectivity index (χ0n) is 7.06. The predicted molar refractivity (Wildman–Crippen MR) is 42.1 cm³/mol. The van der Waals surface area contributed by atoms with Crippen molar-refractivity contribution in [1.82, 2.24) is 0 Å². The average molecular weight is 208 g/mol. The van der Waals surface area contributed by atoms with Crippen LogP contribution in [0.15, 0.2) is 0 Å². The van der Waals surface area contributed by atoms with Gasteiger partial charge in [-0.2, -0.15) is 8.42 Å². The van der Waals surface area contributed by atoms with Crippen molar-refractivity contribution in [2.24, 2.45) is 0 Å². The fourth-order valence-electron chi connectivity index (χ4n) is 0.270. The molecule has 0 N–H and O–H groups in total. The summed E-state index contributed by atoms with van der Waals surface area (Å²) in [5, 5.41) is 0. The highest BCUT2D eigenvalue weighted by Gasteiger charge is 2.12. The van der Waals surface area contributed by atoms with Crippen molar-refractivity contribution in [1.29, 1.82) is 0 Å². The second-order valence-electron chi connectivity index (χ2n) is 1.97. The first-order valence-corrected chi connectivity index (χ1v) is 4.41. The van der Waals surface area contributed by atoms with E-state index in [0.717, 1.165) is 6.92 Å². The largest absolute Gasteiger partial charge is 0.397 e. The minimum Gasteiger partial charge on any atom is -0.247 e. The molecule has 0 radical (unpaired) electrons. The van der Waals surface area contributed by atoms with Crippen LogP contribution in [0.3, 0.4) is 0 Å². The molecule has 0 unspecified atom stereocenters. The molecule has 0 aromatic heterocycles. The fourth-order valence-corrected chi connectivity index (χ4v) is 0.440. The Bertz CT molecular complexity index is 330. The van der Waals surface area contributed by atoms with Crippen LogP contribution in [0.1, 0.15) is 20.3 Å². The van der Waals surface area contributed by atoms with Gasteiger partial charge in [-0.05, 0) is 6.92 Å². The van der Waals surface area contributed by atoms with Crippen LogP contribution in [0.5, 0.6) is 0 Å². The lowest BCUT2D eigenvalue weighted by Crippen LogP contribution is -2.17. The molecule has 0 aliphatic heterocycles. The first-order chi connectivity index (χ1) is 5.99. The molecule has 0 bridgehead atoms. The van der Waals surface area contributed by atoms with Gasteiger partial charge in [-0.25, -0.2) is 19.4 Å². The third-order valence-corrected chi connectivity index (χ3v) is 1.70. The molecular weight excluding hydrogens is 200 g/mol. The van der Waals surface area contributed by atoms with Gasteiger partial charge in [0, 0.05) is 6.42 Å². The Kier molecular flexibility index (Phi) is 4.75. The standard InChI is InChI=1S/C6H8O6S/c1-3-5(7)11-12-6(8)4(2)13(9)10/h3H2,1-2H3. The zero-order valence-corrected chi connectivity index (χ0v) is 7.88. The van der Waals surface area contributed by atoms with E-state index in [9.17, 15) is 18.0 Å². The highest BCUT2D eigenvalue weighted by molar-refractivity contribution is 7.74. The van der Waals surface area contributed by atoms with Crippen LogP contribution in [-0.4, -0.2) is 25.2 Å². The first-order valence-electron chi connectivity index (χ1n) is 3.33. The molecule has 0 rings (SSSR count). The maximum absolute atomic E-state index is 10.7. The molecule has 0 aromatic carbocycles. The maximum atomic E-state index is 10.7. The van der Waals surface area contributed by atoms with Gasteiger partial charge in [0.25, 0.3) is 0 Å². The van der Waals surface area contributed by atoms with Crippen LogP contribution in [0.2, 0.25) is 0 Å². The van der Waals surface area contributed by atoms with E-state index in [4.69, 9.17) is 0 Å². The Hall–Kier alpha value is -1.37. The van der Waals surface area contributed by atoms with E-state index in [2.05, 4.69) is 9.78 Å². The van der Waals surface area contributed by atoms with Gasteiger partial charge >= 0.3 is 11.9 Å². The van der Waals surface area contributed by atoms with Crippen molar-refractivity contribution >= 4 is 27.1 Å². The van der Waals surface area contributed by atoms with Gasteiger partial charge in [0.05, 0.1) is 0 Å². The van der Waals surface area contributed by atoms with Crippen molar-refractivity contribution in [3.8, 4) is 0 Å². The molecule has 74 valence electrons. The van der Waals surface area contributed by atoms with Crippen molar-refractivity contribution in [3.05, 3.63) is 0 Å². The third kappa shape index (κ3) is 4.26. The highest BCUT2D eigenvalue weighted by atomic mass is 32.2. The third-order valence-electron chi connectivity index (χ3n) is 1.04. The second kappa shape index (κ2) is 5.31. The lowest BCUT2D eigenvalue weighted by atomic mass is 10.5.